The maximum Gasteiger partial charge on any atom is 0.338 e. The molecule has 1 aliphatic heterocycles. The van der Waals surface area contributed by atoms with Gasteiger partial charge >= 0.3 is 5.97 Å². The predicted octanol–water partition coefficient (Wildman–Crippen LogP) is 3.92. The lowest BCUT2D eigenvalue weighted by Crippen LogP contribution is -2.28. The van der Waals surface area contributed by atoms with Crippen LogP contribution in [0.2, 0.25) is 0 Å². The summed E-state index contributed by atoms with van der Waals surface area (Å²) in [4.78, 5) is 13.6. The minimum Gasteiger partial charge on any atom is -0.478 e. The molecule has 0 spiro atoms. The number of aromatic carboxylic acids is 1. The molecule has 1 aliphatic rings. The number of carboxylic acids is 1. The summed E-state index contributed by atoms with van der Waals surface area (Å²) in [6.45, 7) is 1.91. The molecule has 1 N–H and O–H groups in total. The molecule has 0 radical (unpaired) electrons. The largest absolute Gasteiger partial charge is 0.478 e. The molecule has 4 heteroatoms. The summed E-state index contributed by atoms with van der Waals surface area (Å²) >= 11 is 3.34. The Balaban J connectivity index is 2.30. The number of halogens is 1. The molecule has 0 aromatic heterocycles. The lowest BCUT2D eigenvalue weighted by Gasteiger charge is -2.28. The number of anilines is 1. The van der Waals surface area contributed by atoms with E-state index in [0.717, 1.165) is 31.6 Å². The number of carboxylic acid groups (broad SMARTS) is 1. The van der Waals surface area contributed by atoms with Crippen molar-refractivity contribution in [3.63, 3.8) is 0 Å². The van der Waals surface area contributed by atoms with E-state index in [1.54, 1.807) is 6.07 Å². The van der Waals surface area contributed by atoms with Crippen LogP contribution in [0.25, 0.3) is 0 Å². The van der Waals surface area contributed by atoms with Gasteiger partial charge < -0.3 is 10.0 Å². The van der Waals surface area contributed by atoms with Gasteiger partial charge in [0.15, 0.2) is 0 Å². The molecule has 0 unspecified atom stereocenters. The molecule has 0 saturated carbocycles. The zero-order valence-corrected chi connectivity index (χ0v) is 11.9. The first kappa shape index (κ1) is 13.4. The Morgan fingerprint density at radius 3 is 2.33 bits per heavy atom. The second-order valence-corrected chi connectivity index (χ2v) is 5.55. The summed E-state index contributed by atoms with van der Waals surface area (Å²) < 4.78 is 0.662. The average Bonchev–Trinajstić information content (AvgIpc) is 2.27. The predicted molar refractivity (Wildman–Crippen MR) is 76.4 cm³/mol. The van der Waals surface area contributed by atoms with E-state index in [-0.39, 0.29) is 0 Å². The zero-order chi connectivity index (χ0) is 13.0. The van der Waals surface area contributed by atoms with Gasteiger partial charge in [-0.05, 0) is 40.9 Å². The maximum absolute atomic E-state index is 11.4. The average molecular weight is 312 g/mol. The first-order valence-electron chi connectivity index (χ1n) is 6.47. The summed E-state index contributed by atoms with van der Waals surface area (Å²) in [5, 5.41) is 9.35. The molecule has 1 fully saturated rings. The number of hydrogen-bond donors (Lipinski definition) is 1. The maximum atomic E-state index is 11.4. The van der Waals surface area contributed by atoms with E-state index in [1.165, 1.54) is 19.3 Å². The molecule has 2 rings (SSSR count). The smallest absolute Gasteiger partial charge is 0.338 e. The Labute approximate surface area is 116 Å². The molecule has 0 amide bonds. The molecule has 0 atom stereocenters. The summed E-state index contributed by atoms with van der Waals surface area (Å²) in [5.41, 5.74) is 1.23. The Morgan fingerprint density at radius 1 is 1.11 bits per heavy atom. The van der Waals surface area contributed by atoms with Gasteiger partial charge in [0.1, 0.15) is 0 Å². The molecule has 1 heterocycles. The minimum absolute atomic E-state index is 0.387. The zero-order valence-electron chi connectivity index (χ0n) is 10.4. The number of hydrogen-bond acceptors (Lipinski definition) is 2. The lowest BCUT2D eigenvalue weighted by atomic mass is 10.1. The summed E-state index contributed by atoms with van der Waals surface area (Å²) in [6, 6.07) is 5.61. The number of benzene rings is 1. The van der Waals surface area contributed by atoms with Gasteiger partial charge in [0.05, 0.1) is 11.3 Å². The van der Waals surface area contributed by atoms with Gasteiger partial charge in [-0.3, -0.25) is 0 Å². The van der Waals surface area contributed by atoms with Crippen molar-refractivity contribution in [3.05, 3.63) is 28.2 Å². The Morgan fingerprint density at radius 2 is 1.72 bits per heavy atom. The second-order valence-electron chi connectivity index (χ2n) is 4.69. The van der Waals surface area contributed by atoms with Crippen LogP contribution in [0.15, 0.2) is 22.7 Å². The highest BCUT2D eigenvalue weighted by Crippen LogP contribution is 2.29. The monoisotopic (exact) mass is 311 g/mol. The van der Waals surface area contributed by atoms with Crippen molar-refractivity contribution in [2.45, 2.75) is 32.1 Å². The topological polar surface area (TPSA) is 40.5 Å². The van der Waals surface area contributed by atoms with Gasteiger partial charge in [0, 0.05) is 17.6 Å². The van der Waals surface area contributed by atoms with Gasteiger partial charge in [-0.2, -0.15) is 0 Å². The fraction of sp³-hybridized carbons (Fsp3) is 0.500. The van der Waals surface area contributed by atoms with Crippen LogP contribution in [0.3, 0.4) is 0 Å². The fourth-order valence-electron chi connectivity index (χ4n) is 2.48. The normalized spacial score (nSPS) is 17.1. The van der Waals surface area contributed by atoms with Crippen LogP contribution in [-0.2, 0) is 0 Å². The minimum atomic E-state index is -0.862. The number of carbonyl (C=O) groups is 1. The van der Waals surface area contributed by atoms with Crippen LogP contribution in [-0.4, -0.2) is 24.2 Å². The van der Waals surface area contributed by atoms with Gasteiger partial charge in [-0.15, -0.1) is 0 Å². The van der Waals surface area contributed by atoms with Crippen molar-refractivity contribution >= 4 is 27.6 Å². The van der Waals surface area contributed by atoms with E-state index in [9.17, 15) is 9.90 Å². The fourth-order valence-corrected chi connectivity index (χ4v) is 3.00. The first-order valence-corrected chi connectivity index (χ1v) is 7.26. The molecular formula is C14H18BrNO2. The molecular weight excluding hydrogens is 294 g/mol. The summed E-state index contributed by atoms with van der Waals surface area (Å²) in [7, 11) is 0. The Bertz CT molecular complexity index is 426. The van der Waals surface area contributed by atoms with E-state index < -0.39 is 5.97 Å². The molecule has 3 nitrogen and oxygen atoms in total. The highest BCUT2D eigenvalue weighted by molar-refractivity contribution is 9.10. The van der Waals surface area contributed by atoms with Crippen LogP contribution in [0, 0.1) is 0 Å². The molecule has 18 heavy (non-hydrogen) atoms. The molecule has 0 bridgehead atoms. The van der Waals surface area contributed by atoms with Gasteiger partial charge in [-0.1, -0.05) is 25.3 Å². The number of rotatable bonds is 2. The summed E-state index contributed by atoms with van der Waals surface area (Å²) in [5.74, 6) is -0.862. The van der Waals surface area contributed by atoms with Crippen molar-refractivity contribution in [2.75, 3.05) is 18.0 Å². The molecule has 1 saturated heterocycles. The van der Waals surface area contributed by atoms with Crippen molar-refractivity contribution in [1.82, 2.24) is 0 Å². The van der Waals surface area contributed by atoms with E-state index >= 15 is 0 Å². The Hall–Kier alpha value is -1.03. The third kappa shape index (κ3) is 3.05. The van der Waals surface area contributed by atoms with Crippen LogP contribution >= 0.6 is 15.9 Å². The summed E-state index contributed by atoms with van der Waals surface area (Å²) in [6.07, 6.45) is 6.08. The van der Waals surface area contributed by atoms with E-state index in [2.05, 4.69) is 20.8 Å². The van der Waals surface area contributed by atoms with Gasteiger partial charge in [0.25, 0.3) is 0 Å². The third-order valence-electron chi connectivity index (χ3n) is 3.40. The molecule has 1 aromatic rings. The molecule has 1 aromatic carbocycles. The second kappa shape index (κ2) is 6.23. The number of nitrogens with zero attached hydrogens (tertiary/aromatic N) is 1. The standard InChI is InChI=1S/C14H18BrNO2/c15-11-7-6-8-12(13(11)14(17)18)16-9-4-2-1-3-5-10-16/h6-8H,1-5,9-10H2,(H,17,18). The van der Waals surface area contributed by atoms with E-state index in [0.29, 0.717) is 10.0 Å². The van der Waals surface area contributed by atoms with E-state index in [1.807, 2.05) is 12.1 Å². The highest BCUT2D eigenvalue weighted by Gasteiger charge is 2.19. The van der Waals surface area contributed by atoms with Gasteiger partial charge in [-0.25, -0.2) is 4.79 Å². The van der Waals surface area contributed by atoms with Crippen molar-refractivity contribution in [3.8, 4) is 0 Å². The lowest BCUT2D eigenvalue weighted by molar-refractivity contribution is 0.0696. The first-order chi connectivity index (χ1) is 8.70. The molecule has 0 aliphatic carbocycles. The molecule has 98 valence electrons. The van der Waals surface area contributed by atoms with Crippen molar-refractivity contribution in [2.24, 2.45) is 0 Å². The quantitative estimate of drug-likeness (QED) is 0.900. The SMILES string of the molecule is O=C(O)c1c(Br)cccc1N1CCCCCCC1. The van der Waals surface area contributed by atoms with Gasteiger partial charge in [0.2, 0.25) is 0 Å². The van der Waals surface area contributed by atoms with Crippen LogP contribution in [0.5, 0.6) is 0 Å². The van der Waals surface area contributed by atoms with Crippen LogP contribution in [0.1, 0.15) is 42.5 Å². The van der Waals surface area contributed by atoms with Crippen LogP contribution in [0.4, 0.5) is 5.69 Å². The van der Waals surface area contributed by atoms with E-state index in [4.69, 9.17) is 0 Å². The Kier molecular flexibility index (Phi) is 4.64. The highest BCUT2D eigenvalue weighted by atomic mass is 79.9. The van der Waals surface area contributed by atoms with Crippen LogP contribution < -0.4 is 4.90 Å². The third-order valence-corrected chi connectivity index (χ3v) is 4.06. The van der Waals surface area contributed by atoms with Crippen molar-refractivity contribution < 1.29 is 9.90 Å². The van der Waals surface area contributed by atoms with Crippen molar-refractivity contribution in [1.29, 1.82) is 0 Å².